The summed E-state index contributed by atoms with van der Waals surface area (Å²) < 4.78 is 6.04. The number of rotatable bonds is 9. The molecule has 0 radical (unpaired) electrons. The van der Waals surface area contributed by atoms with Gasteiger partial charge in [-0.2, -0.15) is 0 Å². The fourth-order valence-electron chi connectivity index (χ4n) is 4.83. The van der Waals surface area contributed by atoms with Crippen LogP contribution in [0.3, 0.4) is 0 Å². The quantitative estimate of drug-likeness (QED) is 0.317. The maximum atomic E-state index is 12.2. The SMILES string of the molecule is O=C(O)CCCC=CC[C@@H]1[C@@H](CNC(=O)C(=O)NC2CCCC2)[C@@H]2CC[C@H]1O2. The Labute approximate surface area is 166 Å². The molecule has 156 valence electrons. The zero-order valence-electron chi connectivity index (χ0n) is 16.4. The van der Waals surface area contributed by atoms with E-state index < -0.39 is 17.8 Å². The molecule has 4 atom stereocenters. The predicted molar refractivity (Wildman–Crippen MR) is 104 cm³/mol. The van der Waals surface area contributed by atoms with E-state index in [9.17, 15) is 14.4 Å². The molecule has 1 saturated carbocycles. The van der Waals surface area contributed by atoms with Gasteiger partial charge < -0.3 is 20.5 Å². The van der Waals surface area contributed by atoms with Crippen molar-refractivity contribution in [2.45, 2.75) is 82.5 Å². The number of carbonyl (C=O) groups excluding carboxylic acids is 2. The maximum Gasteiger partial charge on any atom is 0.309 e. The third kappa shape index (κ3) is 5.56. The number of aliphatic carboxylic acids is 1. The molecule has 2 amide bonds. The minimum absolute atomic E-state index is 0.142. The summed E-state index contributed by atoms with van der Waals surface area (Å²) >= 11 is 0. The Morgan fingerprint density at radius 3 is 2.39 bits per heavy atom. The molecular weight excluding hydrogens is 360 g/mol. The van der Waals surface area contributed by atoms with E-state index in [1.54, 1.807) is 0 Å². The molecule has 7 heteroatoms. The zero-order chi connectivity index (χ0) is 19.9. The predicted octanol–water partition coefficient (Wildman–Crippen LogP) is 2.16. The van der Waals surface area contributed by atoms with E-state index in [-0.39, 0.29) is 30.6 Å². The summed E-state index contributed by atoms with van der Waals surface area (Å²) in [4.78, 5) is 34.8. The lowest BCUT2D eigenvalue weighted by atomic mass is 9.77. The van der Waals surface area contributed by atoms with Crippen molar-refractivity contribution < 1.29 is 24.2 Å². The third-order valence-corrected chi connectivity index (χ3v) is 6.32. The number of hydrogen-bond acceptors (Lipinski definition) is 4. The first kappa shape index (κ1) is 20.8. The van der Waals surface area contributed by atoms with Crippen LogP contribution < -0.4 is 10.6 Å². The molecule has 28 heavy (non-hydrogen) atoms. The molecule has 2 aliphatic heterocycles. The van der Waals surface area contributed by atoms with Crippen molar-refractivity contribution in [1.29, 1.82) is 0 Å². The summed E-state index contributed by atoms with van der Waals surface area (Å²) in [5, 5.41) is 14.3. The highest BCUT2D eigenvalue weighted by Crippen LogP contribution is 2.44. The third-order valence-electron chi connectivity index (χ3n) is 6.32. The smallest absolute Gasteiger partial charge is 0.309 e. The number of hydrogen-bond donors (Lipinski definition) is 3. The highest BCUT2D eigenvalue weighted by atomic mass is 16.5. The second kappa shape index (κ2) is 10.0. The van der Waals surface area contributed by atoms with Crippen LogP contribution in [0, 0.1) is 11.8 Å². The van der Waals surface area contributed by atoms with Gasteiger partial charge in [-0.25, -0.2) is 0 Å². The van der Waals surface area contributed by atoms with Crippen molar-refractivity contribution in [3.63, 3.8) is 0 Å². The number of nitrogens with one attached hydrogen (secondary N) is 2. The van der Waals surface area contributed by atoms with Gasteiger partial charge in [-0.05, 0) is 50.9 Å². The fourth-order valence-corrected chi connectivity index (χ4v) is 4.83. The first-order valence-electron chi connectivity index (χ1n) is 10.7. The molecule has 0 unspecified atom stereocenters. The summed E-state index contributed by atoms with van der Waals surface area (Å²) in [6.45, 7) is 0.468. The van der Waals surface area contributed by atoms with Crippen molar-refractivity contribution >= 4 is 17.8 Å². The van der Waals surface area contributed by atoms with E-state index in [4.69, 9.17) is 9.84 Å². The Morgan fingerprint density at radius 1 is 0.964 bits per heavy atom. The first-order chi connectivity index (χ1) is 13.5. The minimum atomic E-state index is -0.761. The molecule has 2 saturated heterocycles. The van der Waals surface area contributed by atoms with Crippen LogP contribution >= 0.6 is 0 Å². The standard InChI is InChI=1S/C21H32N2O5/c24-19(25)10-4-2-1-3-9-15-16(18-12-11-17(15)28-18)13-22-20(26)21(27)23-14-7-5-6-8-14/h1,3,14-18H,2,4-13H2,(H,22,26)(H,23,27)(H,24,25)/t15-,16-,17-,18+/m1/s1. The molecular formula is C21H32N2O5. The number of ether oxygens (including phenoxy) is 1. The Kier molecular flexibility index (Phi) is 7.48. The van der Waals surface area contributed by atoms with E-state index in [0.29, 0.717) is 18.9 Å². The van der Waals surface area contributed by atoms with Gasteiger partial charge in [0, 0.05) is 24.9 Å². The van der Waals surface area contributed by atoms with E-state index in [2.05, 4.69) is 16.7 Å². The normalized spacial score (nSPS) is 29.4. The zero-order valence-corrected chi connectivity index (χ0v) is 16.4. The lowest BCUT2D eigenvalue weighted by Crippen LogP contribution is -2.46. The second-order valence-electron chi connectivity index (χ2n) is 8.28. The van der Waals surface area contributed by atoms with Crippen LogP contribution in [0.2, 0.25) is 0 Å². The Balaban J connectivity index is 1.42. The topological polar surface area (TPSA) is 105 Å². The van der Waals surface area contributed by atoms with Gasteiger partial charge in [-0.1, -0.05) is 25.0 Å². The average Bonchev–Trinajstić information content (AvgIpc) is 3.40. The van der Waals surface area contributed by atoms with Crippen molar-refractivity contribution in [2.24, 2.45) is 11.8 Å². The number of carboxylic acids is 1. The van der Waals surface area contributed by atoms with Crippen molar-refractivity contribution in [3.05, 3.63) is 12.2 Å². The van der Waals surface area contributed by atoms with Crippen molar-refractivity contribution in [3.8, 4) is 0 Å². The van der Waals surface area contributed by atoms with E-state index >= 15 is 0 Å². The fraction of sp³-hybridized carbons (Fsp3) is 0.762. The van der Waals surface area contributed by atoms with Gasteiger partial charge in [0.1, 0.15) is 0 Å². The second-order valence-corrected chi connectivity index (χ2v) is 8.28. The summed E-state index contributed by atoms with van der Waals surface area (Å²) in [6, 6.07) is 0.142. The van der Waals surface area contributed by atoms with Crippen LogP contribution in [0.15, 0.2) is 12.2 Å². The lowest BCUT2D eigenvalue weighted by molar-refractivity contribution is -0.139. The minimum Gasteiger partial charge on any atom is -0.481 e. The molecule has 3 N–H and O–H groups in total. The van der Waals surface area contributed by atoms with Gasteiger partial charge in [0.05, 0.1) is 12.2 Å². The molecule has 2 heterocycles. The Bertz CT molecular complexity index is 600. The summed E-state index contributed by atoms with van der Waals surface area (Å²) in [5.74, 6) is -1.26. The summed E-state index contributed by atoms with van der Waals surface area (Å²) in [7, 11) is 0. The van der Waals surface area contributed by atoms with E-state index in [0.717, 1.165) is 51.4 Å². The average molecular weight is 392 g/mol. The van der Waals surface area contributed by atoms with Gasteiger partial charge in [-0.15, -0.1) is 0 Å². The molecule has 3 rings (SSSR count). The van der Waals surface area contributed by atoms with Gasteiger partial charge in [0.25, 0.3) is 0 Å². The lowest BCUT2D eigenvalue weighted by Gasteiger charge is -2.27. The van der Waals surface area contributed by atoms with Crippen LogP contribution in [0.5, 0.6) is 0 Å². The number of allylic oxidation sites excluding steroid dienone is 2. The van der Waals surface area contributed by atoms with Crippen molar-refractivity contribution in [1.82, 2.24) is 10.6 Å². The van der Waals surface area contributed by atoms with E-state index in [1.165, 1.54) is 0 Å². The number of carbonyl (C=O) groups is 3. The van der Waals surface area contributed by atoms with Crippen LogP contribution in [0.1, 0.15) is 64.2 Å². The van der Waals surface area contributed by atoms with Crippen molar-refractivity contribution in [2.75, 3.05) is 6.54 Å². The van der Waals surface area contributed by atoms with Crippen LogP contribution in [-0.4, -0.2) is 47.7 Å². The molecule has 0 aromatic heterocycles. The Morgan fingerprint density at radius 2 is 1.68 bits per heavy atom. The number of carboxylic acid groups (broad SMARTS) is 1. The molecule has 0 aromatic rings. The van der Waals surface area contributed by atoms with Gasteiger partial charge in [-0.3, -0.25) is 14.4 Å². The highest BCUT2D eigenvalue weighted by Gasteiger charge is 2.48. The summed E-state index contributed by atoms with van der Waals surface area (Å²) in [5.41, 5.74) is 0. The van der Waals surface area contributed by atoms with Crippen LogP contribution in [0.4, 0.5) is 0 Å². The van der Waals surface area contributed by atoms with Crippen LogP contribution in [-0.2, 0) is 19.1 Å². The largest absolute Gasteiger partial charge is 0.481 e. The molecule has 0 spiro atoms. The Hall–Kier alpha value is -1.89. The monoisotopic (exact) mass is 392 g/mol. The number of unbranched alkanes of at least 4 members (excludes halogenated alkanes) is 1. The van der Waals surface area contributed by atoms with E-state index in [1.807, 2.05) is 6.08 Å². The molecule has 1 aliphatic carbocycles. The highest BCUT2D eigenvalue weighted by molar-refractivity contribution is 6.35. The van der Waals surface area contributed by atoms with Crippen LogP contribution in [0.25, 0.3) is 0 Å². The first-order valence-corrected chi connectivity index (χ1v) is 10.7. The number of fused-ring (bicyclic) bond motifs is 2. The molecule has 2 bridgehead atoms. The van der Waals surface area contributed by atoms with Gasteiger partial charge >= 0.3 is 17.8 Å². The number of amides is 2. The molecule has 7 nitrogen and oxygen atoms in total. The molecule has 0 aromatic carbocycles. The van der Waals surface area contributed by atoms with Gasteiger partial charge in [0.2, 0.25) is 0 Å². The van der Waals surface area contributed by atoms with Gasteiger partial charge in [0.15, 0.2) is 0 Å². The molecule has 3 aliphatic rings. The summed E-state index contributed by atoms with van der Waals surface area (Å²) in [6.07, 6.45) is 13.2. The maximum absolute atomic E-state index is 12.2. The molecule has 3 fully saturated rings.